The van der Waals surface area contributed by atoms with Crippen molar-refractivity contribution in [3.05, 3.63) is 53.6 Å². The molecule has 6 heteroatoms. The van der Waals surface area contributed by atoms with Gasteiger partial charge in [-0.25, -0.2) is 13.8 Å². The van der Waals surface area contributed by atoms with Crippen LogP contribution >= 0.6 is 0 Å². The highest BCUT2D eigenvalue weighted by Gasteiger charge is 2.26. The molecule has 0 saturated carbocycles. The summed E-state index contributed by atoms with van der Waals surface area (Å²) in [5.41, 5.74) is 0.186. The molecule has 2 aromatic rings. The Morgan fingerprint density at radius 2 is 2.00 bits per heavy atom. The lowest BCUT2D eigenvalue weighted by atomic mass is 9.95. The summed E-state index contributed by atoms with van der Waals surface area (Å²) in [6.07, 6.45) is 5.12. The van der Waals surface area contributed by atoms with Crippen molar-refractivity contribution in [3.8, 4) is 0 Å². The predicted molar refractivity (Wildman–Crippen MR) is 72.8 cm³/mol. The first-order valence-electron chi connectivity index (χ1n) is 6.89. The average molecular weight is 291 g/mol. The number of likely N-dealkylation sites (tertiary alicyclic amines) is 1. The number of hydrogen-bond donors (Lipinski definition) is 1. The van der Waals surface area contributed by atoms with Crippen LogP contribution in [0.5, 0.6) is 0 Å². The molecule has 0 radical (unpaired) electrons. The molecule has 0 aliphatic carbocycles. The molecule has 21 heavy (non-hydrogen) atoms. The van der Waals surface area contributed by atoms with Gasteiger partial charge in [0.05, 0.1) is 0 Å². The van der Waals surface area contributed by atoms with Crippen LogP contribution in [-0.2, 0) is 0 Å². The molecule has 1 amide bonds. The minimum absolute atomic E-state index is 0.186. The summed E-state index contributed by atoms with van der Waals surface area (Å²) < 4.78 is 26.1. The molecule has 1 N–H and O–H groups in total. The second kappa shape index (κ2) is 5.63. The minimum atomic E-state index is -0.994. The summed E-state index contributed by atoms with van der Waals surface area (Å²) >= 11 is 0. The lowest BCUT2D eigenvalue weighted by Crippen LogP contribution is -2.38. The minimum Gasteiger partial charge on any atom is -0.348 e. The quantitative estimate of drug-likeness (QED) is 0.925. The van der Waals surface area contributed by atoms with Gasteiger partial charge in [-0.1, -0.05) is 0 Å². The molecule has 110 valence electrons. The molecular weight excluding hydrogens is 276 g/mol. The van der Waals surface area contributed by atoms with Crippen LogP contribution in [0.3, 0.4) is 0 Å². The van der Waals surface area contributed by atoms with Crippen LogP contribution in [-0.4, -0.2) is 33.9 Å². The van der Waals surface area contributed by atoms with Crippen LogP contribution < -0.4 is 0 Å². The van der Waals surface area contributed by atoms with Gasteiger partial charge in [-0.15, -0.1) is 0 Å². The van der Waals surface area contributed by atoms with E-state index in [9.17, 15) is 13.6 Å². The van der Waals surface area contributed by atoms with Crippen LogP contribution in [0.1, 0.15) is 34.9 Å². The Hall–Kier alpha value is -2.24. The van der Waals surface area contributed by atoms with Crippen molar-refractivity contribution in [2.24, 2.45) is 0 Å². The van der Waals surface area contributed by atoms with E-state index in [0.29, 0.717) is 19.0 Å². The molecule has 1 aliphatic rings. The van der Waals surface area contributed by atoms with Gasteiger partial charge in [0.15, 0.2) is 11.6 Å². The van der Waals surface area contributed by atoms with Crippen molar-refractivity contribution in [1.82, 2.24) is 14.9 Å². The maximum Gasteiger partial charge on any atom is 0.253 e. The number of nitrogens with zero attached hydrogens (tertiary/aromatic N) is 2. The third-order valence-corrected chi connectivity index (χ3v) is 3.85. The fourth-order valence-corrected chi connectivity index (χ4v) is 2.67. The molecule has 1 aromatic carbocycles. The van der Waals surface area contributed by atoms with Crippen LogP contribution in [0.2, 0.25) is 0 Å². The zero-order valence-electron chi connectivity index (χ0n) is 11.4. The maximum absolute atomic E-state index is 13.2. The first kappa shape index (κ1) is 13.7. The number of imidazole rings is 1. The summed E-state index contributed by atoms with van der Waals surface area (Å²) in [6.45, 7) is 1.17. The first-order chi connectivity index (χ1) is 10.1. The van der Waals surface area contributed by atoms with E-state index in [2.05, 4.69) is 9.97 Å². The Morgan fingerprint density at radius 1 is 1.24 bits per heavy atom. The van der Waals surface area contributed by atoms with E-state index >= 15 is 0 Å². The van der Waals surface area contributed by atoms with Crippen molar-refractivity contribution >= 4 is 5.91 Å². The summed E-state index contributed by atoms with van der Waals surface area (Å²) in [4.78, 5) is 21.3. The van der Waals surface area contributed by atoms with Crippen LogP contribution in [0.25, 0.3) is 0 Å². The lowest BCUT2D eigenvalue weighted by Gasteiger charge is -2.31. The number of carbonyl (C=O) groups excluding carboxylic acids is 1. The maximum atomic E-state index is 13.2. The van der Waals surface area contributed by atoms with Gasteiger partial charge in [-0.2, -0.15) is 0 Å². The van der Waals surface area contributed by atoms with Crippen molar-refractivity contribution in [3.63, 3.8) is 0 Å². The predicted octanol–water partition coefficient (Wildman–Crippen LogP) is 2.71. The third kappa shape index (κ3) is 2.79. The Kier molecular flexibility index (Phi) is 3.68. The van der Waals surface area contributed by atoms with E-state index in [-0.39, 0.29) is 11.5 Å². The number of piperidine rings is 1. The average Bonchev–Trinajstić information content (AvgIpc) is 3.04. The number of nitrogens with one attached hydrogen (secondary N) is 1. The van der Waals surface area contributed by atoms with Crippen molar-refractivity contribution < 1.29 is 13.6 Å². The molecule has 0 bridgehead atoms. The van der Waals surface area contributed by atoms with E-state index in [0.717, 1.165) is 30.8 Å². The number of amides is 1. The fraction of sp³-hybridized carbons (Fsp3) is 0.333. The van der Waals surface area contributed by atoms with E-state index in [1.807, 2.05) is 0 Å². The number of hydrogen-bond acceptors (Lipinski definition) is 2. The van der Waals surface area contributed by atoms with Gasteiger partial charge in [-0.05, 0) is 31.0 Å². The smallest absolute Gasteiger partial charge is 0.253 e. The highest BCUT2D eigenvalue weighted by Crippen LogP contribution is 2.26. The molecule has 3 rings (SSSR count). The van der Waals surface area contributed by atoms with Gasteiger partial charge in [0.1, 0.15) is 5.82 Å². The third-order valence-electron chi connectivity index (χ3n) is 3.85. The Morgan fingerprint density at radius 3 is 2.62 bits per heavy atom. The number of carbonyl (C=O) groups is 1. The Bertz CT molecular complexity index is 634. The zero-order chi connectivity index (χ0) is 14.8. The molecule has 4 nitrogen and oxygen atoms in total. The molecule has 0 unspecified atom stereocenters. The summed E-state index contributed by atoms with van der Waals surface area (Å²) in [7, 11) is 0. The molecule has 1 fully saturated rings. The van der Waals surface area contributed by atoms with Crippen LogP contribution in [0.4, 0.5) is 8.78 Å². The monoisotopic (exact) mass is 291 g/mol. The molecule has 2 heterocycles. The van der Waals surface area contributed by atoms with Crippen molar-refractivity contribution in [1.29, 1.82) is 0 Å². The van der Waals surface area contributed by atoms with Crippen LogP contribution in [0.15, 0.2) is 30.6 Å². The number of aromatic nitrogens is 2. The molecule has 0 spiro atoms. The van der Waals surface area contributed by atoms with Gasteiger partial charge in [0.25, 0.3) is 5.91 Å². The summed E-state index contributed by atoms with van der Waals surface area (Å²) in [5.74, 6) is -0.940. The van der Waals surface area contributed by atoms with Gasteiger partial charge >= 0.3 is 0 Å². The lowest BCUT2D eigenvalue weighted by molar-refractivity contribution is 0.0710. The standard InChI is InChI=1S/C15H15F2N3O/c16-12-2-1-11(9-13(12)17)15(21)20-7-3-10(4-8-20)14-18-5-6-19-14/h1-2,5-6,9-10H,3-4,7-8H2,(H,18,19). The second-order valence-corrected chi connectivity index (χ2v) is 5.17. The van der Waals surface area contributed by atoms with E-state index in [1.165, 1.54) is 6.07 Å². The molecule has 1 aromatic heterocycles. The molecule has 1 aliphatic heterocycles. The Balaban J connectivity index is 1.66. The molecule has 1 saturated heterocycles. The second-order valence-electron chi connectivity index (χ2n) is 5.17. The van der Waals surface area contributed by atoms with Gasteiger partial charge in [0, 0.05) is 37.0 Å². The van der Waals surface area contributed by atoms with E-state index < -0.39 is 11.6 Å². The highest BCUT2D eigenvalue weighted by atomic mass is 19.2. The number of aromatic amines is 1. The van der Waals surface area contributed by atoms with Gasteiger partial charge in [-0.3, -0.25) is 4.79 Å². The fourth-order valence-electron chi connectivity index (χ4n) is 2.67. The van der Waals surface area contributed by atoms with Crippen molar-refractivity contribution in [2.45, 2.75) is 18.8 Å². The normalized spacial score (nSPS) is 16.2. The highest BCUT2D eigenvalue weighted by molar-refractivity contribution is 5.94. The van der Waals surface area contributed by atoms with Crippen molar-refractivity contribution in [2.75, 3.05) is 13.1 Å². The zero-order valence-corrected chi connectivity index (χ0v) is 11.4. The SMILES string of the molecule is O=C(c1ccc(F)c(F)c1)N1CCC(c2ncc[nH]2)CC1. The van der Waals surface area contributed by atoms with Gasteiger partial charge in [0.2, 0.25) is 0 Å². The summed E-state index contributed by atoms with van der Waals surface area (Å²) in [6, 6.07) is 3.26. The summed E-state index contributed by atoms with van der Waals surface area (Å²) in [5, 5.41) is 0. The number of rotatable bonds is 2. The molecular formula is C15H15F2N3O. The number of halogens is 2. The first-order valence-corrected chi connectivity index (χ1v) is 6.89. The Labute approximate surface area is 120 Å². The van der Waals surface area contributed by atoms with E-state index in [4.69, 9.17) is 0 Å². The molecule has 0 atom stereocenters. The van der Waals surface area contributed by atoms with Crippen LogP contribution in [0, 0.1) is 11.6 Å². The van der Waals surface area contributed by atoms with E-state index in [1.54, 1.807) is 17.3 Å². The largest absolute Gasteiger partial charge is 0.348 e. The number of H-pyrrole nitrogens is 1. The van der Waals surface area contributed by atoms with Gasteiger partial charge < -0.3 is 9.88 Å². The number of benzene rings is 1. The topological polar surface area (TPSA) is 49.0 Å².